The molecule has 2 heterocycles. The number of hydrogen-bond donors (Lipinski definition) is 1. The molecule has 0 aliphatic rings. The van der Waals surface area contributed by atoms with Crippen molar-refractivity contribution in [3.05, 3.63) is 48.3 Å². The van der Waals surface area contributed by atoms with Crippen molar-refractivity contribution in [3.63, 3.8) is 0 Å². The lowest BCUT2D eigenvalue weighted by Crippen LogP contribution is -2.19. The number of hydrazone groups is 1. The second-order valence-electron chi connectivity index (χ2n) is 5.82. The Hall–Kier alpha value is -2.51. The Labute approximate surface area is 151 Å². The van der Waals surface area contributed by atoms with Crippen LogP contribution in [0.2, 0.25) is 0 Å². The molecule has 0 atom stereocenters. The van der Waals surface area contributed by atoms with Gasteiger partial charge in [-0.15, -0.1) is 0 Å². The number of benzene rings is 1. The minimum atomic E-state index is 0.663. The van der Waals surface area contributed by atoms with Gasteiger partial charge in [0.1, 0.15) is 12.4 Å². The Balaban J connectivity index is 1.68. The molecule has 0 spiro atoms. The lowest BCUT2D eigenvalue weighted by Gasteiger charge is -2.10. The number of nitrogens with zero attached hydrogens (tertiary/aromatic N) is 4. The van der Waals surface area contributed by atoms with Crippen LogP contribution in [0.15, 0.2) is 47.7 Å². The quantitative estimate of drug-likeness (QED) is 0.519. The first-order chi connectivity index (χ1) is 12.1. The molecule has 3 aromatic rings. The van der Waals surface area contributed by atoms with Crippen molar-refractivity contribution in [1.29, 1.82) is 0 Å². The number of ether oxygens (including phenoxy) is 1. The van der Waals surface area contributed by atoms with Crippen LogP contribution in [-0.2, 0) is 0 Å². The molecule has 0 fully saturated rings. The van der Waals surface area contributed by atoms with Gasteiger partial charge in [-0.05, 0) is 51.4 Å². The number of pyridine rings is 1. The normalized spacial score (nSPS) is 11.9. The molecular formula is C18H21N5OS. The number of hydrogen-bond acceptors (Lipinski definition) is 7. The van der Waals surface area contributed by atoms with Crippen LogP contribution in [0.3, 0.4) is 0 Å². The number of aromatic nitrogens is 2. The molecule has 0 bridgehead atoms. The minimum absolute atomic E-state index is 0.663. The van der Waals surface area contributed by atoms with E-state index in [2.05, 4.69) is 25.4 Å². The van der Waals surface area contributed by atoms with Gasteiger partial charge in [-0.2, -0.15) is 5.10 Å². The lowest BCUT2D eigenvalue weighted by molar-refractivity contribution is 0.261. The molecule has 1 aromatic carbocycles. The zero-order chi connectivity index (χ0) is 17.6. The highest BCUT2D eigenvalue weighted by molar-refractivity contribution is 7.22. The van der Waals surface area contributed by atoms with Crippen molar-refractivity contribution < 1.29 is 4.74 Å². The van der Waals surface area contributed by atoms with Crippen molar-refractivity contribution in [2.45, 2.75) is 6.92 Å². The van der Waals surface area contributed by atoms with Crippen molar-refractivity contribution in [1.82, 2.24) is 14.9 Å². The van der Waals surface area contributed by atoms with E-state index in [9.17, 15) is 0 Å². The maximum absolute atomic E-state index is 5.77. The molecule has 0 aliphatic heterocycles. The predicted molar refractivity (Wildman–Crippen MR) is 104 cm³/mol. The van der Waals surface area contributed by atoms with Crippen LogP contribution in [-0.4, -0.2) is 47.8 Å². The third-order valence-electron chi connectivity index (χ3n) is 3.52. The fraction of sp³-hybridized carbons (Fsp3) is 0.278. The zero-order valence-corrected chi connectivity index (χ0v) is 15.4. The largest absolute Gasteiger partial charge is 0.492 e. The van der Waals surface area contributed by atoms with E-state index in [0.717, 1.165) is 39.0 Å². The average Bonchev–Trinajstić information content (AvgIpc) is 3.02. The molecule has 3 rings (SSSR count). The second-order valence-corrected chi connectivity index (χ2v) is 6.85. The molecule has 2 aromatic heterocycles. The summed E-state index contributed by atoms with van der Waals surface area (Å²) in [5.41, 5.74) is 5.60. The summed E-state index contributed by atoms with van der Waals surface area (Å²) in [7, 11) is 4.06. The van der Waals surface area contributed by atoms with E-state index in [0.29, 0.717) is 6.61 Å². The van der Waals surface area contributed by atoms with E-state index < -0.39 is 0 Å². The molecule has 1 N–H and O–H groups in total. The van der Waals surface area contributed by atoms with E-state index >= 15 is 0 Å². The topological polar surface area (TPSA) is 62.6 Å². The van der Waals surface area contributed by atoms with E-state index in [1.165, 1.54) is 0 Å². The second kappa shape index (κ2) is 8.04. The third kappa shape index (κ3) is 4.74. The number of anilines is 1. The van der Waals surface area contributed by atoms with Crippen LogP contribution in [0.5, 0.6) is 5.75 Å². The summed E-state index contributed by atoms with van der Waals surface area (Å²) in [6.45, 7) is 3.46. The van der Waals surface area contributed by atoms with Crippen LogP contribution in [0.1, 0.15) is 12.6 Å². The van der Waals surface area contributed by atoms with Gasteiger partial charge in [0.2, 0.25) is 5.13 Å². The highest BCUT2D eigenvalue weighted by Crippen LogP contribution is 2.29. The summed E-state index contributed by atoms with van der Waals surface area (Å²) in [5, 5.41) is 5.11. The van der Waals surface area contributed by atoms with Crippen LogP contribution in [0, 0.1) is 0 Å². The van der Waals surface area contributed by atoms with E-state index in [-0.39, 0.29) is 0 Å². The molecule has 6 nitrogen and oxygen atoms in total. The summed E-state index contributed by atoms with van der Waals surface area (Å²) in [6, 6.07) is 11.7. The van der Waals surface area contributed by atoms with Gasteiger partial charge in [-0.3, -0.25) is 10.4 Å². The summed E-state index contributed by atoms with van der Waals surface area (Å²) >= 11 is 1.55. The highest BCUT2D eigenvalue weighted by atomic mass is 32.1. The smallest absolute Gasteiger partial charge is 0.204 e. The number of nitrogens with one attached hydrogen (secondary N) is 1. The third-order valence-corrected chi connectivity index (χ3v) is 4.44. The fourth-order valence-electron chi connectivity index (χ4n) is 2.15. The van der Waals surface area contributed by atoms with Gasteiger partial charge in [-0.1, -0.05) is 17.4 Å². The van der Waals surface area contributed by atoms with Crippen molar-refractivity contribution in [2.75, 3.05) is 32.7 Å². The number of likely N-dealkylation sites (N-methyl/N-ethyl adjacent to an activating group) is 1. The van der Waals surface area contributed by atoms with Crippen LogP contribution < -0.4 is 10.2 Å². The number of rotatable bonds is 7. The molecule has 7 heteroatoms. The van der Waals surface area contributed by atoms with Crippen molar-refractivity contribution in [2.24, 2.45) is 5.10 Å². The zero-order valence-electron chi connectivity index (χ0n) is 14.6. The molecule has 0 unspecified atom stereocenters. The summed E-state index contributed by atoms with van der Waals surface area (Å²) in [6.07, 6.45) is 1.75. The predicted octanol–water partition coefficient (Wildman–Crippen LogP) is 3.47. The Morgan fingerprint density at radius 3 is 2.92 bits per heavy atom. The van der Waals surface area contributed by atoms with E-state index in [4.69, 9.17) is 4.74 Å². The molecular weight excluding hydrogens is 334 g/mol. The SMILES string of the molecule is C/C(=N\Nc1nc2ccc(OCCN(C)C)cc2s1)c1ccccn1. The molecule has 0 saturated carbocycles. The maximum atomic E-state index is 5.77. The fourth-order valence-corrected chi connectivity index (χ4v) is 2.99. The van der Waals surface area contributed by atoms with Crippen LogP contribution in [0.4, 0.5) is 5.13 Å². The Morgan fingerprint density at radius 2 is 2.16 bits per heavy atom. The molecule has 0 aliphatic carbocycles. The Morgan fingerprint density at radius 1 is 1.28 bits per heavy atom. The van der Waals surface area contributed by atoms with Crippen molar-refractivity contribution in [3.8, 4) is 5.75 Å². The Bertz CT molecular complexity index is 860. The first-order valence-corrected chi connectivity index (χ1v) is 8.83. The Kier molecular flexibility index (Phi) is 5.57. The van der Waals surface area contributed by atoms with E-state index in [1.54, 1.807) is 17.5 Å². The molecule has 0 amide bonds. The van der Waals surface area contributed by atoms with Gasteiger partial charge >= 0.3 is 0 Å². The summed E-state index contributed by atoms with van der Waals surface area (Å²) in [4.78, 5) is 10.9. The summed E-state index contributed by atoms with van der Waals surface area (Å²) in [5.74, 6) is 0.859. The molecule has 130 valence electrons. The summed E-state index contributed by atoms with van der Waals surface area (Å²) < 4.78 is 6.84. The van der Waals surface area contributed by atoms with Crippen LogP contribution >= 0.6 is 11.3 Å². The van der Waals surface area contributed by atoms with Crippen LogP contribution in [0.25, 0.3) is 10.2 Å². The van der Waals surface area contributed by atoms with Crippen molar-refractivity contribution >= 4 is 32.4 Å². The minimum Gasteiger partial charge on any atom is -0.492 e. The van der Waals surface area contributed by atoms with Gasteiger partial charge < -0.3 is 9.64 Å². The first-order valence-electron chi connectivity index (χ1n) is 8.01. The number of thiazole rings is 1. The van der Waals surface area contributed by atoms with Gasteiger partial charge in [0.05, 0.1) is 21.6 Å². The average molecular weight is 355 g/mol. The van der Waals surface area contributed by atoms with Gasteiger partial charge in [0, 0.05) is 12.7 Å². The van der Waals surface area contributed by atoms with Gasteiger partial charge in [0.15, 0.2) is 0 Å². The molecule has 0 radical (unpaired) electrons. The van der Waals surface area contributed by atoms with Gasteiger partial charge in [0.25, 0.3) is 0 Å². The van der Waals surface area contributed by atoms with Gasteiger partial charge in [-0.25, -0.2) is 4.98 Å². The standard InChI is InChI=1S/C18H21N5OS/c1-13(15-6-4-5-9-19-15)21-22-18-20-16-8-7-14(12-17(16)25-18)24-11-10-23(2)3/h4-9,12H,10-11H2,1-3H3,(H,20,22)/b21-13+. The number of fused-ring (bicyclic) bond motifs is 1. The molecule has 0 saturated heterocycles. The monoisotopic (exact) mass is 355 g/mol. The lowest BCUT2D eigenvalue weighted by atomic mass is 10.3. The van der Waals surface area contributed by atoms with E-state index in [1.807, 2.05) is 57.4 Å². The molecule has 25 heavy (non-hydrogen) atoms. The maximum Gasteiger partial charge on any atom is 0.204 e. The first kappa shape index (κ1) is 17.3. The highest BCUT2D eigenvalue weighted by Gasteiger charge is 2.06.